The highest BCUT2D eigenvalue weighted by atomic mass is 16.4. The number of benzene rings is 1. The van der Waals surface area contributed by atoms with Crippen molar-refractivity contribution in [1.29, 1.82) is 0 Å². The SMILES string of the molecule is CCC[C@H](CC(=O)O)CC(=O)N[C@H](C)c1ccccc1. The van der Waals surface area contributed by atoms with E-state index < -0.39 is 5.97 Å². The Labute approximate surface area is 120 Å². The third kappa shape index (κ3) is 5.87. The molecule has 110 valence electrons. The zero-order valence-electron chi connectivity index (χ0n) is 12.1. The Kier molecular flexibility index (Phi) is 6.77. The number of carboxylic acid groups (broad SMARTS) is 1. The lowest BCUT2D eigenvalue weighted by Gasteiger charge is -2.17. The van der Waals surface area contributed by atoms with E-state index in [2.05, 4.69) is 5.32 Å². The summed E-state index contributed by atoms with van der Waals surface area (Å²) in [6, 6.07) is 9.67. The van der Waals surface area contributed by atoms with E-state index in [9.17, 15) is 9.59 Å². The predicted octanol–water partition coefficient (Wildman–Crippen LogP) is 3.14. The Morgan fingerprint density at radius 1 is 1.20 bits per heavy atom. The molecule has 0 unspecified atom stereocenters. The van der Waals surface area contributed by atoms with E-state index in [0.717, 1.165) is 18.4 Å². The van der Waals surface area contributed by atoms with Gasteiger partial charge in [-0.2, -0.15) is 0 Å². The molecule has 4 heteroatoms. The highest BCUT2D eigenvalue weighted by Gasteiger charge is 2.18. The monoisotopic (exact) mass is 277 g/mol. The van der Waals surface area contributed by atoms with Crippen molar-refractivity contribution < 1.29 is 14.7 Å². The number of aliphatic carboxylic acids is 1. The summed E-state index contributed by atoms with van der Waals surface area (Å²) in [5.41, 5.74) is 1.05. The molecule has 2 atom stereocenters. The molecule has 0 saturated carbocycles. The first-order valence-corrected chi connectivity index (χ1v) is 7.09. The van der Waals surface area contributed by atoms with Crippen LogP contribution < -0.4 is 5.32 Å². The number of hydrogen-bond donors (Lipinski definition) is 2. The van der Waals surface area contributed by atoms with Crippen LogP contribution in [0.25, 0.3) is 0 Å². The maximum absolute atomic E-state index is 12.0. The molecular formula is C16H23NO3. The van der Waals surface area contributed by atoms with Crippen LogP contribution in [0.15, 0.2) is 30.3 Å². The summed E-state index contributed by atoms with van der Waals surface area (Å²) in [5.74, 6) is -1.01. The number of carbonyl (C=O) groups excluding carboxylic acids is 1. The maximum Gasteiger partial charge on any atom is 0.303 e. The van der Waals surface area contributed by atoms with Crippen LogP contribution in [-0.4, -0.2) is 17.0 Å². The van der Waals surface area contributed by atoms with E-state index >= 15 is 0 Å². The van der Waals surface area contributed by atoms with E-state index in [-0.39, 0.29) is 30.7 Å². The van der Waals surface area contributed by atoms with Gasteiger partial charge in [-0.3, -0.25) is 9.59 Å². The first-order chi connectivity index (χ1) is 9.52. The maximum atomic E-state index is 12.0. The normalized spacial score (nSPS) is 13.5. The fourth-order valence-corrected chi connectivity index (χ4v) is 2.32. The van der Waals surface area contributed by atoms with Gasteiger partial charge in [0.25, 0.3) is 0 Å². The average Bonchev–Trinajstić information content (AvgIpc) is 2.39. The molecule has 0 aliphatic heterocycles. The van der Waals surface area contributed by atoms with Crippen molar-refractivity contribution in [2.75, 3.05) is 0 Å². The Hall–Kier alpha value is -1.84. The van der Waals surface area contributed by atoms with Crippen molar-refractivity contribution >= 4 is 11.9 Å². The average molecular weight is 277 g/mol. The molecular weight excluding hydrogens is 254 g/mol. The van der Waals surface area contributed by atoms with Gasteiger partial charge in [-0.05, 0) is 24.8 Å². The van der Waals surface area contributed by atoms with E-state index in [1.54, 1.807) is 0 Å². The second-order valence-electron chi connectivity index (χ2n) is 5.16. The van der Waals surface area contributed by atoms with E-state index in [1.165, 1.54) is 0 Å². The van der Waals surface area contributed by atoms with Gasteiger partial charge in [0.05, 0.1) is 6.04 Å². The van der Waals surface area contributed by atoms with Gasteiger partial charge in [0.15, 0.2) is 0 Å². The molecule has 0 spiro atoms. The first-order valence-electron chi connectivity index (χ1n) is 7.09. The fourth-order valence-electron chi connectivity index (χ4n) is 2.32. The lowest BCUT2D eigenvalue weighted by molar-refractivity contribution is -0.138. The molecule has 1 rings (SSSR count). The third-order valence-corrected chi connectivity index (χ3v) is 3.31. The Morgan fingerprint density at radius 2 is 1.85 bits per heavy atom. The van der Waals surface area contributed by atoms with Gasteiger partial charge in [0, 0.05) is 12.8 Å². The van der Waals surface area contributed by atoms with Crippen molar-refractivity contribution in [3.63, 3.8) is 0 Å². The van der Waals surface area contributed by atoms with Gasteiger partial charge in [-0.1, -0.05) is 43.7 Å². The Bertz CT molecular complexity index is 431. The van der Waals surface area contributed by atoms with Gasteiger partial charge >= 0.3 is 5.97 Å². The Balaban J connectivity index is 2.50. The molecule has 0 aliphatic rings. The molecule has 1 aromatic rings. The highest BCUT2D eigenvalue weighted by Crippen LogP contribution is 2.17. The van der Waals surface area contributed by atoms with Gasteiger partial charge in [0.2, 0.25) is 5.91 Å². The van der Waals surface area contributed by atoms with Crippen LogP contribution in [0, 0.1) is 5.92 Å². The summed E-state index contributed by atoms with van der Waals surface area (Å²) in [4.78, 5) is 22.8. The van der Waals surface area contributed by atoms with Gasteiger partial charge in [0.1, 0.15) is 0 Å². The van der Waals surface area contributed by atoms with Crippen molar-refractivity contribution in [2.45, 2.75) is 45.6 Å². The van der Waals surface area contributed by atoms with Crippen LogP contribution >= 0.6 is 0 Å². The predicted molar refractivity (Wildman–Crippen MR) is 78.3 cm³/mol. The molecule has 0 heterocycles. The molecule has 1 amide bonds. The Morgan fingerprint density at radius 3 is 2.40 bits per heavy atom. The number of carboxylic acids is 1. The lowest BCUT2D eigenvalue weighted by atomic mass is 9.95. The summed E-state index contributed by atoms with van der Waals surface area (Å²) in [5, 5.41) is 11.8. The van der Waals surface area contributed by atoms with Gasteiger partial charge < -0.3 is 10.4 Å². The molecule has 0 radical (unpaired) electrons. The summed E-state index contributed by atoms with van der Waals surface area (Å²) >= 11 is 0. The molecule has 0 saturated heterocycles. The van der Waals surface area contributed by atoms with Crippen LogP contribution in [-0.2, 0) is 9.59 Å². The lowest BCUT2D eigenvalue weighted by Crippen LogP contribution is -2.29. The van der Waals surface area contributed by atoms with E-state index in [0.29, 0.717) is 0 Å². The van der Waals surface area contributed by atoms with Crippen LogP contribution in [0.3, 0.4) is 0 Å². The van der Waals surface area contributed by atoms with Crippen LogP contribution in [0.1, 0.15) is 51.1 Å². The third-order valence-electron chi connectivity index (χ3n) is 3.31. The summed E-state index contributed by atoms with van der Waals surface area (Å²) in [7, 11) is 0. The molecule has 0 aliphatic carbocycles. The summed E-state index contributed by atoms with van der Waals surface area (Å²) in [6.07, 6.45) is 1.98. The number of carbonyl (C=O) groups is 2. The standard InChI is InChI=1S/C16H23NO3/c1-3-7-13(11-16(19)20)10-15(18)17-12(2)14-8-5-4-6-9-14/h4-6,8-9,12-13H,3,7,10-11H2,1-2H3,(H,17,18)(H,19,20)/t12-,13+/m1/s1. The smallest absolute Gasteiger partial charge is 0.303 e. The van der Waals surface area contributed by atoms with Crippen molar-refractivity contribution in [3.8, 4) is 0 Å². The number of amides is 1. The fraction of sp³-hybridized carbons (Fsp3) is 0.500. The summed E-state index contributed by atoms with van der Waals surface area (Å²) in [6.45, 7) is 3.93. The minimum Gasteiger partial charge on any atom is -0.481 e. The molecule has 2 N–H and O–H groups in total. The molecule has 20 heavy (non-hydrogen) atoms. The van der Waals surface area contributed by atoms with Crippen LogP contribution in [0.2, 0.25) is 0 Å². The number of nitrogens with one attached hydrogen (secondary N) is 1. The number of rotatable bonds is 8. The molecule has 4 nitrogen and oxygen atoms in total. The van der Waals surface area contributed by atoms with Gasteiger partial charge in [-0.15, -0.1) is 0 Å². The second kappa shape index (κ2) is 8.35. The summed E-state index contributed by atoms with van der Waals surface area (Å²) < 4.78 is 0. The van der Waals surface area contributed by atoms with Gasteiger partial charge in [-0.25, -0.2) is 0 Å². The first kappa shape index (κ1) is 16.2. The molecule has 0 bridgehead atoms. The van der Waals surface area contributed by atoms with E-state index in [4.69, 9.17) is 5.11 Å². The quantitative estimate of drug-likeness (QED) is 0.767. The molecule has 1 aromatic carbocycles. The largest absolute Gasteiger partial charge is 0.481 e. The van der Waals surface area contributed by atoms with Crippen molar-refractivity contribution in [3.05, 3.63) is 35.9 Å². The van der Waals surface area contributed by atoms with Crippen LogP contribution in [0.5, 0.6) is 0 Å². The zero-order valence-corrected chi connectivity index (χ0v) is 12.1. The second-order valence-corrected chi connectivity index (χ2v) is 5.16. The topological polar surface area (TPSA) is 66.4 Å². The van der Waals surface area contributed by atoms with Crippen LogP contribution in [0.4, 0.5) is 0 Å². The van der Waals surface area contributed by atoms with E-state index in [1.807, 2.05) is 44.2 Å². The van der Waals surface area contributed by atoms with Crippen molar-refractivity contribution in [2.24, 2.45) is 5.92 Å². The molecule has 0 fully saturated rings. The van der Waals surface area contributed by atoms with Crippen molar-refractivity contribution in [1.82, 2.24) is 5.32 Å². The minimum absolute atomic E-state index is 0.0565. The minimum atomic E-state index is -0.840. The molecule has 0 aromatic heterocycles. The highest BCUT2D eigenvalue weighted by molar-refractivity contribution is 5.77. The zero-order chi connectivity index (χ0) is 15.0. The number of hydrogen-bond acceptors (Lipinski definition) is 2.